The van der Waals surface area contributed by atoms with E-state index < -0.39 is 0 Å². The lowest BCUT2D eigenvalue weighted by atomic mass is 10.1. The Morgan fingerprint density at radius 3 is 2.58 bits per heavy atom. The lowest BCUT2D eigenvalue weighted by Gasteiger charge is -2.12. The molecular weight excluding hydrogens is 304 g/mol. The topological polar surface area (TPSA) is 44.1 Å². The largest absolute Gasteiger partial charge is 0.491 e. The first-order valence-electron chi connectivity index (χ1n) is 7.97. The molecule has 2 aromatic carbocycles. The van der Waals surface area contributed by atoms with E-state index in [-0.39, 0.29) is 6.10 Å². The Bertz CT molecular complexity index is 777. The summed E-state index contributed by atoms with van der Waals surface area (Å²) in [6.45, 7) is 1.86. The molecule has 1 aliphatic rings. The molecule has 0 bridgehead atoms. The quantitative estimate of drug-likeness (QED) is 0.608. The molecule has 0 saturated carbocycles. The lowest BCUT2D eigenvalue weighted by Crippen LogP contribution is -2.04. The van der Waals surface area contributed by atoms with E-state index >= 15 is 0 Å². The zero-order chi connectivity index (χ0) is 16.2. The highest BCUT2D eigenvalue weighted by molar-refractivity contribution is 5.67. The number of hydrogen-bond donors (Lipinski definition) is 0. The van der Waals surface area contributed by atoms with Crippen molar-refractivity contribution in [2.24, 2.45) is 0 Å². The van der Waals surface area contributed by atoms with Gasteiger partial charge in [-0.25, -0.2) is 0 Å². The van der Waals surface area contributed by atoms with Crippen molar-refractivity contribution < 1.29 is 18.6 Å². The van der Waals surface area contributed by atoms with Crippen molar-refractivity contribution in [3.05, 3.63) is 72.5 Å². The van der Waals surface area contributed by atoms with E-state index in [1.165, 1.54) is 0 Å². The summed E-state index contributed by atoms with van der Waals surface area (Å²) in [5.41, 5.74) is 2.00. The van der Waals surface area contributed by atoms with Crippen LogP contribution in [0.4, 0.5) is 0 Å². The summed E-state index contributed by atoms with van der Waals surface area (Å²) < 4.78 is 22.5. The van der Waals surface area contributed by atoms with Crippen molar-refractivity contribution in [2.45, 2.75) is 12.7 Å². The molecule has 1 saturated heterocycles. The minimum Gasteiger partial charge on any atom is -0.491 e. The van der Waals surface area contributed by atoms with Gasteiger partial charge in [-0.05, 0) is 35.9 Å². The predicted molar refractivity (Wildman–Crippen MR) is 90.2 cm³/mol. The molecule has 0 N–H and O–H groups in total. The number of hydrogen-bond acceptors (Lipinski definition) is 4. The van der Waals surface area contributed by atoms with Crippen molar-refractivity contribution in [3.8, 4) is 22.8 Å². The first-order valence-corrected chi connectivity index (χ1v) is 7.97. The molecule has 24 heavy (non-hydrogen) atoms. The third-order valence-electron chi connectivity index (χ3n) is 3.81. The monoisotopic (exact) mass is 322 g/mol. The van der Waals surface area contributed by atoms with Gasteiger partial charge in [0.1, 0.15) is 36.6 Å². The second-order valence-corrected chi connectivity index (χ2v) is 5.68. The predicted octanol–water partition coefficient (Wildman–Crippen LogP) is 4.30. The Morgan fingerprint density at radius 1 is 0.958 bits per heavy atom. The zero-order valence-electron chi connectivity index (χ0n) is 13.2. The molecule has 1 atom stereocenters. The number of epoxide rings is 1. The molecule has 0 radical (unpaired) electrons. The molecule has 1 aliphatic heterocycles. The molecule has 1 unspecified atom stereocenters. The third kappa shape index (κ3) is 3.60. The molecular formula is C20H18O4. The van der Waals surface area contributed by atoms with Gasteiger partial charge in [-0.1, -0.05) is 30.3 Å². The summed E-state index contributed by atoms with van der Waals surface area (Å²) >= 11 is 0. The lowest BCUT2D eigenvalue weighted by molar-refractivity contribution is 0.262. The Labute approximate surface area is 140 Å². The molecule has 4 nitrogen and oxygen atoms in total. The Balaban J connectivity index is 1.55. The van der Waals surface area contributed by atoms with E-state index in [2.05, 4.69) is 0 Å². The van der Waals surface area contributed by atoms with Crippen LogP contribution in [0, 0.1) is 0 Å². The van der Waals surface area contributed by atoms with Crippen LogP contribution in [-0.2, 0) is 11.3 Å². The highest BCUT2D eigenvalue weighted by Crippen LogP contribution is 2.34. The third-order valence-corrected chi connectivity index (χ3v) is 3.81. The van der Waals surface area contributed by atoms with E-state index in [0.29, 0.717) is 13.2 Å². The van der Waals surface area contributed by atoms with Crippen molar-refractivity contribution >= 4 is 0 Å². The van der Waals surface area contributed by atoms with Crippen LogP contribution in [0.1, 0.15) is 5.56 Å². The maximum Gasteiger partial charge on any atom is 0.137 e. The van der Waals surface area contributed by atoms with E-state index in [0.717, 1.165) is 35.0 Å². The van der Waals surface area contributed by atoms with Crippen LogP contribution in [0.3, 0.4) is 0 Å². The van der Waals surface area contributed by atoms with Crippen LogP contribution in [0.15, 0.2) is 71.3 Å². The minimum atomic E-state index is 0.228. The van der Waals surface area contributed by atoms with Gasteiger partial charge in [0.05, 0.1) is 18.4 Å². The van der Waals surface area contributed by atoms with Crippen LogP contribution >= 0.6 is 0 Å². The Hall–Kier alpha value is -2.72. The summed E-state index contributed by atoms with van der Waals surface area (Å²) in [4.78, 5) is 0. The van der Waals surface area contributed by atoms with Gasteiger partial charge in [0, 0.05) is 0 Å². The first-order chi connectivity index (χ1) is 11.9. The fourth-order valence-electron chi connectivity index (χ4n) is 2.44. The molecule has 0 aliphatic carbocycles. The maximum absolute atomic E-state index is 6.00. The fourth-order valence-corrected chi connectivity index (χ4v) is 2.44. The number of rotatable bonds is 7. The van der Waals surface area contributed by atoms with Crippen molar-refractivity contribution in [2.75, 3.05) is 13.2 Å². The highest BCUT2D eigenvalue weighted by atomic mass is 16.6. The van der Waals surface area contributed by atoms with Crippen LogP contribution in [0.25, 0.3) is 11.3 Å². The van der Waals surface area contributed by atoms with Gasteiger partial charge in [0.15, 0.2) is 0 Å². The number of ether oxygens (including phenoxy) is 3. The SMILES string of the molecule is c1ccc(COc2ccc(OCC3CO3)cc2-c2ccco2)cc1. The normalized spacial score (nSPS) is 15.9. The highest BCUT2D eigenvalue weighted by Gasteiger charge is 2.23. The van der Waals surface area contributed by atoms with Gasteiger partial charge >= 0.3 is 0 Å². The molecule has 4 heteroatoms. The average Bonchev–Trinajstić information content (AvgIpc) is 3.30. The van der Waals surface area contributed by atoms with Crippen LogP contribution in [-0.4, -0.2) is 19.3 Å². The first kappa shape index (κ1) is 14.8. The molecule has 122 valence electrons. The van der Waals surface area contributed by atoms with Crippen molar-refractivity contribution in [1.82, 2.24) is 0 Å². The van der Waals surface area contributed by atoms with E-state index in [1.807, 2.05) is 60.7 Å². The van der Waals surface area contributed by atoms with Crippen LogP contribution < -0.4 is 9.47 Å². The summed E-state index contributed by atoms with van der Waals surface area (Å²) in [7, 11) is 0. The van der Waals surface area contributed by atoms with Gasteiger partial charge in [0.25, 0.3) is 0 Å². The molecule has 3 aromatic rings. The van der Waals surface area contributed by atoms with Gasteiger partial charge in [-0.15, -0.1) is 0 Å². The van der Waals surface area contributed by atoms with E-state index in [1.54, 1.807) is 6.26 Å². The summed E-state index contributed by atoms with van der Waals surface area (Å²) in [5.74, 6) is 2.30. The number of furan rings is 1. The molecule has 1 aromatic heterocycles. The van der Waals surface area contributed by atoms with Gasteiger partial charge < -0.3 is 18.6 Å². The Kier molecular flexibility index (Phi) is 4.21. The molecule has 4 rings (SSSR count). The van der Waals surface area contributed by atoms with Gasteiger partial charge in [-0.2, -0.15) is 0 Å². The minimum absolute atomic E-state index is 0.228. The molecule has 0 amide bonds. The zero-order valence-corrected chi connectivity index (χ0v) is 13.2. The van der Waals surface area contributed by atoms with E-state index in [4.69, 9.17) is 18.6 Å². The smallest absolute Gasteiger partial charge is 0.137 e. The van der Waals surface area contributed by atoms with Gasteiger partial charge in [0.2, 0.25) is 0 Å². The number of benzene rings is 2. The summed E-state index contributed by atoms with van der Waals surface area (Å²) in [6.07, 6.45) is 1.88. The second kappa shape index (κ2) is 6.81. The molecule has 0 spiro atoms. The average molecular weight is 322 g/mol. The second-order valence-electron chi connectivity index (χ2n) is 5.68. The maximum atomic E-state index is 6.00. The Morgan fingerprint density at radius 2 is 1.83 bits per heavy atom. The van der Waals surface area contributed by atoms with E-state index in [9.17, 15) is 0 Å². The molecule has 1 fully saturated rings. The van der Waals surface area contributed by atoms with Gasteiger partial charge in [-0.3, -0.25) is 0 Å². The summed E-state index contributed by atoms with van der Waals surface area (Å²) in [6, 6.07) is 19.6. The summed E-state index contributed by atoms with van der Waals surface area (Å²) in [5, 5.41) is 0. The van der Waals surface area contributed by atoms with Crippen LogP contribution in [0.5, 0.6) is 11.5 Å². The fraction of sp³-hybridized carbons (Fsp3) is 0.200. The standard InChI is InChI=1S/C20H18O4/c1-2-5-15(6-3-1)12-24-20-9-8-16(22-13-17-14-23-17)11-18(20)19-7-4-10-21-19/h1-11,17H,12-14H2. The molecule has 2 heterocycles. The van der Waals surface area contributed by atoms with Crippen molar-refractivity contribution in [3.63, 3.8) is 0 Å². The van der Waals surface area contributed by atoms with Crippen molar-refractivity contribution in [1.29, 1.82) is 0 Å². The van der Waals surface area contributed by atoms with Crippen LogP contribution in [0.2, 0.25) is 0 Å².